The van der Waals surface area contributed by atoms with E-state index in [1.807, 2.05) is 38.4 Å². The predicted octanol–water partition coefficient (Wildman–Crippen LogP) is 4.46. The molecule has 146 valence electrons. The molecule has 0 N–H and O–H groups in total. The van der Waals surface area contributed by atoms with Crippen molar-refractivity contribution in [1.82, 2.24) is 9.80 Å². The Kier molecular flexibility index (Phi) is 11.3. The Morgan fingerprint density at radius 1 is 0.923 bits per heavy atom. The van der Waals surface area contributed by atoms with Gasteiger partial charge in [-0.05, 0) is 51.8 Å². The summed E-state index contributed by atoms with van der Waals surface area (Å²) >= 11 is 0. The third-order valence-electron chi connectivity index (χ3n) is 3.95. The Labute approximate surface area is 169 Å². The molecular formula is C20H30Cl2N2O2. The van der Waals surface area contributed by atoms with E-state index in [-0.39, 0.29) is 31.0 Å². The lowest BCUT2D eigenvalue weighted by molar-refractivity contribution is 0.0536. The molecule has 0 radical (unpaired) electrons. The smallest absolute Gasteiger partial charge is 0.149 e. The molecule has 2 aromatic carbocycles. The van der Waals surface area contributed by atoms with Gasteiger partial charge in [-0.15, -0.1) is 24.8 Å². The average Bonchev–Trinajstić information content (AvgIpc) is 2.56. The molecule has 0 amide bonds. The number of rotatable bonds is 8. The van der Waals surface area contributed by atoms with E-state index in [9.17, 15) is 0 Å². The van der Waals surface area contributed by atoms with Gasteiger partial charge in [-0.3, -0.25) is 4.90 Å². The van der Waals surface area contributed by atoms with E-state index < -0.39 is 0 Å². The van der Waals surface area contributed by atoms with Crippen molar-refractivity contribution in [3.05, 3.63) is 59.7 Å². The van der Waals surface area contributed by atoms with Crippen LogP contribution in [0.5, 0.6) is 11.5 Å². The maximum absolute atomic E-state index is 6.22. The van der Waals surface area contributed by atoms with Gasteiger partial charge in [0.15, 0.2) is 0 Å². The lowest BCUT2D eigenvalue weighted by atomic mass is 10.1. The van der Waals surface area contributed by atoms with Crippen molar-refractivity contribution in [3.8, 4) is 11.5 Å². The van der Waals surface area contributed by atoms with Crippen molar-refractivity contribution in [3.63, 3.8) is 0 Å². The lowest BCUT2D eigenvalue weighted by Gasteiger charge is -2.27. The first kappa shape index (κ1) is 24.5. The minimum atomic E-state index is -0.0282. The van der Waals surface area contributed by atoms with E-state index in [1.165, 1.54) is 5.56 Å². The van der Waals surface area contributed by atoms with Crippen molar-refractivity contribution in [1.29, 1.82) is 0 Å². The second kappa shape index (κ2) is 12.0. The molecule has 6 heteroatoms. The number of methoxy groups -OCH3 is 1. The van der Waals surface area contributed by atoms with Gasteiger partial charge in [0, 0.05) is 18.7 Å². The van der Waals surface area contributed by atoms with Crippen LogP contribution in [0.1, 0.15) is 18.1 Å². The van der Waals surface area contributed by atoms with Gasteiger partial charge in [0.1, 0.15) is 17.7 Å². The highest BCUT2D eigenvalue weighted by atomic mass is 35.5. The molecule has 4 nitrogen and oxygen atoms in total. The first-order valence-electron chi connectivity index (χ1n) is 8.22. The summed E-state index contributed by atoms with van der Waals surface area (Å²) in [4.78, 5) is 4.32. The first-order valence-corrected chi connectivity index (χ1v) is 8.22. The Morgan fingerprint density at radius 2 is 1.58 bits per heavy atom. The van der Waals surface area contributed by atoms with Gasteiger partial charge in [0.2, 0.25) is 0 Å². The maximum atomic E-state index is 6.22. The summed E-state index contributed by atoms with van der Waals surface area (Å²) in [5, 5.41) is 0. The molecule has 0 aliphatic heterocycles. The monoisotopic (exact) mass is 400 g/mol. The highest BCUT2D eigenvalue weighted by Crippen LogP contribution is 2.26. The fraction of sp³-hybridized carbons (Fsp3) is 0.400. The van der Waals surface area contributed by atoms with E-state index >= 15 is 0 Å². The van der Waals surface area contributed by atoms with Crippen LogP contribution in [0.4, 0.5) is 0 Å². The molecule has 0 saturated carbocycles. The minimum absolute atomic E-state index is 0. The fourth-order valence-corrected chi connectivity index (χ4v) is 2.54. The van der Waals surface area contributed by atoms with Crippen LogP contribution in [0, 0.1) is 0 Å². The Bertz CT molecular complexity index is 639. The standard InChI is InChI=1S/C20H28N2O2.2ClH/c1-16(22(4)14-17-9-7-6-8-10-17)24-20-12-11-19(23-5)13-18(20)15-21(2)3;;/h6-13,16H,14-15H2,1-5H3;2*1H. The lowest BCUT2D eigenvalue weighted by Crippen LogP contribution is -2.33. The first-order chi connectivity index (χ1) is 11.5. The molecule has 0 fully saturated rings. The molecule has 0 aliphatic carbocycles. The quantitative estimate of drug-likeness (QED) is 0.610. The van der Waals surface area contributed by atoms with Crippen LogP contribution in [0.2, 0.25) is 0 Å². The van der Waals surface area contributed by atoms with E-state index in [0.717, 1.165) is 30.2 Å². The minimum Gasteiger partial charge on any atom is -0.497 e. The van der Waals surface area contributed by atoms with Crippen molar-refractivity contribution >= 4 is 24.8 Å². The van der Waals surface area contributed by atoms with Crippen molar-refractivity contribution in [2.45, 2.75) is 26.2 Å². The Morgan fingerprint density at radius 3 is 2.15 bits per heavy atom. The van der Waals surface area contributed by atoms with Gasteiger partial charge in [-0.1, -0.05) is 30.3 Å². The maximum Gasteiger partial charge on any atom is 0.149 e. The Balaban J connectivity index is 0.00000312. The van der Waals surface area contributed by atoms with Crippen LogP contribution in [-0.4, -0.2) is 44.3 Å². The fourth-order valence-electron chi connectivity index (χ4n) is 2.54. The molecule has 0 aliphatic rings. The number of nitrogens with zero attached hydrogens (tertiary/aromatic N) is 2. The van der Waals surface area contributed by atoms with Crippen LogP contribution >= 0.6 is 24.8 Å². The summed E-state index contributed by atoms with van der Waals surface area (Å²) in [6, 6.07) is 16.4. The van der Waals surface area contributed by atoms with Crippen LogP contribution in [0.3, 0.4) is 0 Å². The van der Waals surface area contributed by atoms with Gasteiger partial charge >= 0.3 is 0 Å². The molecule has 2 rings (SSSR count). The number of ether oxygens (including phenoxy) is 2. The van der Waals surface area contributed by atoms with Crippen LogP contribution in [0.25, 0.3) is 0 Å². The van der Waals surface area contributed by atoms with Crippen LogP contribution in [-0.2, 0) is 13.1 Å². The molecule has 26 heavy (non-hydrogen) atoms. The summed E-state index contributed by atoms with van der Waals surface area (Å²) in [7, 11) is 7.86. The third-order valence-corrected chi connectivity index (χ3v) is 3.95. The topological polar surface area (TPSA) is 24.9 Å². The summed E-state index contributed by atoms with van der Waals surface area (Å²) in [5.41, 5.74) is 2.40. The van der Waals surface area contributed by atoms with Gasteiger partial charge < -0.3 is 14.4 Å². The largest absolute Gasteiger partial charge is 0.497 e. The SMILES string of the molecule is COc1ccc(OC(C)N(C)Cc2ccccc2)c(CN(C)C)c1.Cl.Cl. The van der Waals surface area contributed by atoms with Gasteiger partial charge in [-0.25, -0.2) is 0 Å². The van der Waals surface area contributed by atoms with Gasteiger partial charge in [-0.2, -0.15) is 0 Å². The van der Waals surface area contributed by atoms with Crippen molar-refractivity contribution in [2.75, 3.05) is 28.3 Å². The van der Waals surface area contributed by atoms with E-state index in [4.69, 9.17) is 9.47 Å². The second-order valence-electron chi connectivity index (χ2n) is 6.33. The molecule has 1 atom stereocenters. The molecule has 0 aromatic heterocycles. The molecule has 0 heterocycles. The molecule has 1 unspecified atom stereocenters. The van der Waals surface area contributed by atoms with Crippen LogP contribution in [0.15, 0.2) is 48.5 Å². The zero-order valence-corrected chi connectivity index (χ0v) is 17.8. The third kappa shape index (κ3) is 7.42. The number of halogens is 2. The summed E-state index contributed by atoms with van der Waals surface area (Å²) in [5.74, 6) is 1.75. The second-order valence-corrected chi connectivity index (χ2v) is 6.33. The zero-order valence-electron chi connectivity index (χ0n) is 16.1. The van der Waals surface area contributed by atoms with Gasteiger partial charge in [0.25, 0.3) is 0 Å². The Hall–Kier alpha value is -1.46. The molecule has 0 saturated heterocycles. The highest BCUT2D eigenvalue weighted by molar-refractivity contribution is 5.85. The zero-order chi connectivity index (χ0) is 17.5. The average molecular weight is 401 g/mol. The summed E-state index contributed by atoms with van der Waals surface area (Å²) in [6.45, 7) is 3.73. The van der Waals surface area contributed by atoms with Gasteiger partial charge in [0.05, 0.1) is 7.11 Å². The van der Waals surface area contributed by atoms with E-state index in [0.29, 0.717) is 0 Å². The highest BCUT2D eigenvalue weighted by Gasteiger charge is 2.14. The van der Waals surface area contributed by atoms with Crippen molar-refractivity contribution in [2.24, 2.45) is 0 Å². The molecular weight excluding hydrogens is 371 g/mol. The van der Waals surface area contributed by atoms with Crippen LogP contribution < -0.4 is 9.47 Å². The summed E-state index contributed by atoms with van der Waals surface area (Å²) < 4.78 is 11.6. The molecule has 0 spiro atoms. The molecule has 2 aromatic rings. The molecule has 0 bridgehead atoms. The van der Waals surface area contributed by atoms with E-state index in [1.54, 1.807) is 7.11 Å². The van der Waals surface area contributed by atoms with E-state index in [2.05, 4.69) is 48.0 Å². The number of benzene rings is 2. The summed E-state index contributed by atoms with van der Waals surface area (Å²) in [6.07, 6.45) is -0.0282. The number of hydrogen-bond donors (Lipinski definition) is 0. The predicted molar refractivity (Wildman–Crippen MR) is 113 cm³/mol. The normalized spacial score (nSPS) is 11.5. The number of hydrogen-bond acceptors (Lipinski definition) is 4. The van der Waals surface area contributed by atoms with Crippen molar-refractivity contribution < 1.29 is 9.47 Å².